The molecule has 0 bridgehead atoms. The van der Waals surface area contributed by atoms with Crippen molar-refractivity contribution in [1.82, 2.24) is 0 Å². The molecule has 0 N–H and O–H groups in total. The van der Waals surface area contributed by atoms with E-state index in [9.17, 15) is 0 Å². The molecule has 0 aliphatic heterocycles. The van der Waals surface area contributed by atoms with Crippen LogP contribution in [0.2, 0.25) is 13.1 Å². The standard InChI is InChI=1S/C22H25.C19H19.C2H7Si.2ClH.Zr/c1-3-4-5-6-8-18-15-20-9-7-10-21(22(20)16-18)19-13-11-17(2)12-14-19;1-19(2,3)16-12-10-15(11-13-16)18-9-5-7-14-6-4-8-17(14)18;1-3-2;;;/h7,9-16H,3-6,8H2,1-2H3;4-13H,1-3H3;3H,1-2H3;2*1H;/q;;;;;+2/p-2. The summed E-state index contributed by atoms with van der Waals surface area (Å²) in [5, 5.41) is 0. The van der Waals surface area contributed by atoms with Gasteiger partial charge in [-0.05, 0) is 0 Å². The Morgan fingerprint density at radius 3 is 1.91 bits per heavy atom. The van der Waals surface area contributed by atoms with Crippen LogP contribution >= 0.6 is 17.0 Å². The molecular weight excluding hydrogens is 707 g/mol. The third-order valence-corrected chi connectivity index (χ3v) is 63.0. The minimum absolute atomic E-state index is 0.0910. The Kier molecular flexibility index (Phi) is 9.94. The number of benzene rings is 4. The number of fused-ring (bicyclic) bond motifs is 2. The van der Waals surface area contributed by atoms with Gasteiger partial charge in [0.1, 0.15) is 0 Å². The molecule has 4 aromatic carbocycles. The number of halogens is 2. The van der Waals surface area contributed by atoms with Crippen LogP contribution in [0.3, 0.4) is 0 Å². The van der Waals surface area contributed by atoms with Crippen molar-refractivity contribution >= 4 is 35.1 Å². The first-order valence-corrected chi connectivity index (χ1v) is 34.1. The topological polar surface area (TPSA) is 0 Å². The number of allylic oxidation sites excluding steroid dienone is 2. The summed E-state index contributed by atoms with van der Waals surface area (Å²) in [5.74, 6) is -1.59. The second-order valence-electron chi connectivity index (χ2n) is 15.5. The summed E-state index contributed by atoms with van der Waals surface area (Å²) in [4.78, 5) is 0. The van der Waals surface area contributed by atoms with Crippen LogP contribution in [0.1, 0.15) is 100 Å². The van der Waals surface area contributed by atoms with Crippen LogP contribution in [0.15, 0.2) is 96.6 Å². The van der Waals surface area contributed by atoms with Crippen LogP contribution in [0.5, 0.6) is 0 Å². The molecule has 0 saturated heterocycles. The molecular formula is C43H51Cl2SiZr. The summed E-state index contributed by atoms with van der Waals surface area (Å²) in [6.07, 6.45) is 13.3. The summed E-state index contributed by atoms with van der Waals surface area (Å²) in [6, 6.07) is 31.9. The Morgan fingerprint density at radius 2 is 1.32 bits per heavy atom. The van der Waals surface area contributed by atoms with Crippen molar-refractivity contribution in [2.75, 3.05) is 0 Å². The van der Waals surface area contributed by atoms with Gasteiger partial charge in [0.05, 0.1) is 0 Å². The fourth-order valence-electron chi connectivity index (χ4n) is 8.16. The average Bonchev–Trinajstić information content (AvgIpc) is 3.66. The Bertz CT molecular complexity index is 1820. The van der Waals surface area contributed by atoms with Crippen molar-refractivity contribution in [3.63, 3.8) is 0 Å². The van der Waals surface area contributed by atoms with Crippen molar-refractivity contribution in [2.45, 2.75) is 92.5 Å². The molecule has 2 aliphatic carbocycles. The Morgan fingerprint density at radius 1 is 0.723 bits per heavy atom. The molecule has 2 unspecified atom stereocenters. The van der Waals surface area contributed by atoms with Gasteiger partial charge in [-0.2, -0.15) is 0 Å². The molecule has 4 heteroatoms. The third kappa shape index (κ3) is 6.31. The molecule has 0 aromatic heterocycles. The molecule has 47 heavy (non-hydrogen) atoms. The summed E-state index contributed by atoms with van der Waals surface area (Å²) < 4.78 is 0.219. The minimum atomic E-state index is -4.73. The Labute approximate surface area is 293 Å². The first-order chi connectivity index (χ1) is 22.3. The van der Waals surface area contributed by atoms with Crippen LogP contribution < -0.4 is 0 Å². The molecule has 0 amide bonds. The molecule has 0 radical (unpaired) electrons. The van der Waals surface area contributed by atoms with Crippen LogP contribution in [-0.4, -0.2) is 5.92 Å². The first-order valence-electron chi connectivity index (χ1n) is 17.7. The molecule has 6 rings (SSSR count). The molecule has 0 saturated carbocycles. The number of hydrogen-bond acceptors (Lipinski definition) is 0. The van der Waals surface area contributed by atoms with Crippen LogP contribution in [-0.2, 0) is 21.0 Å². The molecule has 2 atom stereocenters. The number of hydrogen-bond donors (Lipinski definition) is 0. The van der Waals surface area contributed by atoms with Gasteiger partial charge in [0.15, 0.2) is 0 Å². The van der Waals surface area contributed by atoms with E-state index in [0.717, 1.165) is 6.42 Å². The van der Waals surface area contributed by atoms with Crippen LogP contribution in [0, 0.1) is 6.92 Å². The van der Waals surface area contributed by atoms with E-state index in [1.807, 2.05) is 0 Å². The predicted octanol–water partition coefficient (Wildman–Crippen LogP) is 13.8. The molecule has 245 valence electrons. The van der Waals surface area contributed by atoms with Crippen LogP contribution in [0.25, 0.3) is 34.4 Å². The van der Waals surface area contributed by atoms with Crippen molar-refractivity contribution in [3.8, 4) is 22.3 Å². The molecule has 4 aromatic rings. The van der Waals surface area contributed by atoms with E-state index in [-0.39, 0.29) is 12.7 Å². The van der Waals surface area contributed by atoms with Crippen molar-refractivity contribution in [1.29, 1.82) is 0 Å². The maximum absolute atomic E-state index is 8.57. The molecule has 0 nitrogen and oxygen atoms in total. The molecule has 2 aliphatic rings. The first kappa shape index (κ1) is 34.9. The number of rotatable bonds is 10. The van der Waals surface area contributed by atoms with Gasteiger partial charge < -0.3 is 0 Å². The van der Waals surface area contributed by atoms with Crippen molar-refractivity contribution in [3.05, 3.63) is 130 Å². The van der Waals surface area contributed by atoms with Gasteiger partial charge in [0, 0.05) is 0 Å². The van der Waals surface area contributed by atoms with Gasteiger partial charge in [-0.1, -0.05) is 0 Å². The summed E-state index contributed by atoms with van der Waals surface area (Å²) in [6.45, 7) is 16.2. The SMILES string of the molecule is CCCCCCC1=Cc2c(-c3ccc(C)cc3)cccc2[CH]1[Zr]([Cl])([Cl])([CH]1C=Cc2c(-c3ccc(C(C)(C)C)cc3)cccc21)[SiH](C)C. The second-order valence-corrected chi connectivity index (χ2v) is 58.1. The van der Waals surface area contributed by atoms with E-state index in [4.69, 9.17) is 17.0 Å². The third-order valence-electron chi connectivity index (χ3n) is 11.1. The van der Waals surface area contributed by atoms with Gasteiger partial charge in [-0.15, -0.1) is 0 Å². The van der Waals surface area contributed by atoms with Gasteiger partial charge in [-0.3, -0.25) is 0 Å². The van der Waals surface area contributed by atoms with Gasteiger partial charge in [0.25, 0.3) is 0 Å². The van der Waals surface area contributed by atoms with Crippen molar-refractivity contribution in [2.24, 2.45) is 0 Å². The second kappa shape index (κ2) is 13.4. The maximum atomic E-state index is 8.57. The van der Waals surface area contributed by atoms with Crippen LogP contribution in [0.4, 0.5) is 0 Å². The van der Waals surface area contributed by atoms with E-state index >= 15 is 0 Å². The van der Waals surface area contributed by atoms with Gasteiger partial charge >= 0.3 is 295 Å². The molecule has 0 fully saturated rings. The fraction of sp³-hybridized carbons (Fsp3) is 0.349. The van der Waals surface area contributed by atoms with Crippen molar-refractivity contribution < 1.29 is 15.6 Å². The van der Waals surface area contributed by atoms with E-state index in [1.54, 1.807) is 0 Å². The van der Waals surface area contributed by atoms with E-state index in [2.05, 4.69) is 151 Å². The fourth-order valence-corrected chi connectivity index (χ4v) is 37.6. The predicted molar refractivity (Wildman–Crippen MR) is 209 cm³/mol. The zero-order valence-electron chi connectivity index (χ0n) is 29.3. The molecule has 0 heterocycles. The summed E-state index contributed by atoms with van der Waals surface area (Å²) in [7, 11) is 17.1. The number of aryl methyl sites for hydroxylation is 1. The van der Waals surface area contributed by atoms with Gasteiger partial charge in [-0.25, -0.2) is 0 Å². The summed E-state index contributed by atoms with van der Waals surface area (Å²) in [5.41, 5.74) is 14.7. The zero-order chi connectivity index (χ0) is 33.6. The average molecular weight is 758 g/mol. The monoisotopic (exact) mass is 755 g/mol. The normalized spacial score (nSPS) is 18.2. The quantitative estimate of drug-likeness (QED) is 0.112. The summed E-state index contributed by atoms with van der Waals surface area (Å²) >= 11 is -4.73. The Balaban J connectivity index is 1.48. The van der Waals surface area contributed by atoms with Gasteiger partial charge in [0.2, 0.25) is 0 Å². The van der Waals surface area contributed by atoms with E-state index < -0.39 is 21.5 Å². The van der Waals surface area contributed by atoms with E-state index in [1.165, 1.54) is 86.9 Å². The zero-order valence-corrected chi connectivity index (χ0v) is 34.5. The van der Waals surface area contributed by atoms with E-state index in [0.29, 0.717) is 0 Å². The molecule has 0 spiro atoms. The Hall–Kier alpha value is -1.96. The number of unbranched alkanes of at least 4 members (excludes halogenated alkanes) is 3.